The van der Waals surface area contributed by atoms with Crippen molar-refractivity contribution in [3.05, 3.63) is 65.4 Å². The molecule has 0 spiro atoms. The summed E-state index contributed by atoms with van der Waals surface area (Å²) in [7, 11) is 0. The number of para-hydroxylation sites is 1. The number of carbonyl (C=O) groups is 1. The van der Waals surface area contributed by atoms with Crippen LogP contribution >= 0.6 is 0 Å². The van der Waals surface area contributed by atoms with E-state index in [1.165, 1.54) is 11.1 Å². The molecule has 1 aromatic heterocycles. The summed E-state index contributed by atoms with van der Waals surface area (Å²) in [5.74, 6) is 0.0869. The second-order valence-electron chi connectivity index (χ2n) is 6.29. The molecule has 4 rings (SSSR count). The number of nitrogens with zero attached hydrogens (tertiary/aromatic N) is 2. The Hall–Kier alpha value is -2.62. The van der Waals surface area contributed by atoms with Gasteiger partial charge in [-0.05, 0) is 31.4 Å². The molecule has 0 saturated heterocycles. The number of fused-ring (bicyclic) bond motifs is 1. The molecule has 0 radical (unpaired) electrons. The first-order chi connectivity index (χ1) is 11.2. The Morgan fingerprint density at radius 1 is 1.26 bits per heavy atom. The smallest absolute Gasteiger partial charge is 0.256 e. The van der Waals surface area contributed by atoms with Gasteiger partial charge in [0, 0.05) is 18.0 Å². The highest BCUT2D eigenvalue weighted by molar-refractivity contribution is 6.05. The Labute approximate surface area is 135 Å². The predicted octanol–water partition coefficient (Wildman–Crippen LogP) is 3.68. The molecule has 0 atom stereocenters. The van der Waals surface area contributed by atoms with Crippen LogP contribution in [-0.4, -0.2) is 27.0 Å². The van der Waals surface area contributed by atoms with Crippen LogP contribution in [0.3, 0.4) is 0 Å². The van der Waals surface area contributed by atoms with Crippen LogP contribution in [-0.2, 0) is 6.54 Å². The molecular weight excluding hydrogens is 286 g/mol. The quantitative estimate of drug-likeness (QED) is 0.799. The highest BCUT2D eigenvalue weighted by atomic mass is 16.2. The first-order valence-electron chi connectivity index (χ1n) is 8.01. The molecule has 1 N–H and O–H groups in total. The van der Waals surface area contributed by atoms with E-state index >= 15 is 0 Å². The zero-order valence-electron chi connectivity index (χ0n) is 13.1. The highest BCUT2D eigenvalue weighted by Crippen LogP contribution is 2.31. The number of hydrogen-bond acceptors (Lipinski definition) is 2. The first kappa shape index (κ1) is 14.0. The summed E-state index contributed by atoms with van der Waals surface area (Å²) in [4.78, 5) is 15.1. The van der Waals surface area contributed by atoms with E-state index in [4.69, 9.17) is 0 Å². The van der Waals surface area contributed by atoms with Crippen molar-refractivity contribution in [2.75, 3.05) is 0 Å². The average Bonchev–Trinajstić information content (AvgIpc) is 3.28. The van der Waals surface area contributed by atoms with Crippen LogP contribution in [0.4, 0.5) is 0 Å². The Bertz CT molecular complexity index is 864. The molecule has 1 saturated carbocycles. The first-order valence-corrected chi connectivity index (χ1v) is 8.01. The van der Waals surface area contributed by atoms with Crippen LogP contribution in [0.25, 0.3) is 10.9 Å². The lowest BCUT2D eigenvalue weighted by Gasteiger charge is -2.23. The largest absolute Gasteiger partial charge is 0.331 e. The molecule has 4 heteroatoms. The second-order valence-corrected chi connectivity index (χ2v) is 6.29. The van der Waals surface area contributed by atoms with Crippen molar-refractivity contribution < 1.29 is 4.79 Å². The number of hydrogen-bond donors (Lipinski definition) is 1. The lowest BCUT2D eigenvalue weighted by atomic mass is 10.1. The third kappa shape index (κ3) is 2.72. The van der Waals surface area contributed by atoms with Crippen LogP contribution in [0.1, 0.15) is 34.3 Å². The third-order valence-corrected chi connectivity index (χ3v) is 4.39. The minimum Gasteiger partial charge on any atom is -0.331 e. The van der Waals surface area contributed by atoms with Crippen molar-refractivity contribution in [2.24, 2.45) is 0 Å². The summed E-state index contributed by atoms with van der Waals surface area (Å²) >= 11 is 0. The number of H-pyrrole nitrogens is 1. The second kappa shape index (κ2) is 5.54. The molecule has 1 aliphatic rings. The number of nitrogens with one attached hydrogen (secondary N) is 1. The van der Waals surface area contributed by atoms with Crippen molar-refractivity contribution in [3.63, 3.8) is 0 Å². The van der Waals surface area contributed by atoms with Gasteiger partial charge in [-0.2, -0.15) is 5.10 Å². The minimum atomic E-state index is 0.0869. The van der Waals surface area contributed by atoms with E-state index in [0.29, 0.717) is 18.2 Å². The fourth-order valence-electron chi connectivity index (χ4n) is 3.06. The zero-order chi connectivity index (χ0) is 15.8. The highest BCUT2D eigenvalue weighted by Gasteiger charge is 2.33. The van der Waals surface area contributed by atoms with Gasteiger partial charge in [0.2, 0.25) is 0 Å². The summed E-state index contributed by atoms with van der Waals surface area (Å²) in [5, 5.41) is 8.00. The van der Waals surface area contributed by atoms with Gasteiger partial charge in [-0.1, -0.05) is 42.0 Å². The third-order valence-electron chi connectivity index (χ3n) is 4.39. The molecule has 3 aromatic rings. The van der Waals surface area contributed by atoms with E-state index in [-0.39, 0.29) is 5.91 Å². The fraction of sp³-hybridized carbons (Fsp3) is 0.263. The van der Waals surface area contributed by atoms with E-state index in [0.717, 1.165) is 23.7 Å². The molecule has 0 unspecified atom stereocenters. The van der Waals surface area contributed by atoms with Gasteiger partial charge < -0.3 is 4.90 Å². The molecule has 23 heavy (non-hydrogen) atoms. The number of aromatic nitrogens is 2. The Balaban J connectivity index is 1.67. The molecule has 116 valence electrons. The Morgan fingerprint density at radius 3 is 2.87 bits per heavy atom. The van der Waals surface area contributed by atoms with Gasteiger partial charge in [0.25, 0.3) is 5.91 Å². The minimum absolute atomic E-state index is 0.0869. The molecule has 4 nitrogen and oxygen atoms in total. The van der Waals surface area contributed by atoms with Crippen LogP contribution in [0, 0.1) is 6.92 Å². The number of carbonyl (C=O) groups excluding carboxylic acids is 1. The standard InChI is InChI=1S/C19H19N3O/c1-13-4-2-5-14(10-13)12-22(16-8-9-16)19(23)17-7-3-6-15-11-20-21-18(15)17/h2-7,10-11,16H,8-9,12H2,1H3,(H,20,21). The molecule has 2 aromatic carbocycles. The maximum atomic E-state index is 13.1. The topological polar surface area (TPSA) is 49.0 Å². The van der Waals surface area contributed by atoms with Gasteiger partial charge in [0.15, 0.2) is 0 Å². The summed E-state index contributed by atoms with van der Waals surface area (Å²) in [6, 6.07) is 14.5. The lowest BCUT2D eigenvalue weighted by molar-refractivity contribution is 0.0731. The predicted molar refractivity (Wildman–Crippen MR) is 90.2 cm³/mol. The summed E-state index contributed by atoms with van der Waals surface area (Å²) in [6.07, 6.45) is 3.95. The van der Waals surface area contributed by atoms with Gasteiger partial charge >= 0.3 is 0 Å². The monoisotopic (exact) mass is 305 g/mol. The molecular formula is C19H19N3O. The number of aromatic amines is 1. The van der Waals surface area contributed by atoms with E-state index in [1.807, 2.05) is 23.1 Å². The normalized spacial score (nSPS) is 14.1. The number of benzene rings is 2. The van der Waals surface area contributed by atoms with Crippen molar-refractivity contribution in [3.8, 4) is 0 Å². The van der Waals surface area contributed by atoms with Gasteiger partial charge in [0.05, 0.1) is 17.3 Å². The number of amides is 1. The van der Waals surface area contributed by atoms with E-state index in [1.54, 1.807) is 6.20 Å². The molecule has 1 aliphatic carbocycles. The van der Waals surface area contributed by atoms with Crippen molar-refractivity contribution >= 4 is 16.8 Å². The maximum absolute atomic E-state index is 13.1. The van der Waals surface area contributed by atoms with E-state index in [2.05, 4.69) is 41.4 Å². The maximum Gasteiger partial charge on any atom is 0.256 e. The van der Waals surface area contributed by atoms with E-state index in [9.17, 15) is 4.79 Å². The Morgan fingerprint density at radius 2 is 2.09 bits per heavy atom. The molecule has 1 fully saturated rings. The molecule has 1 heterocycles. The summed E-state index contributed by atoms with van der Waals surface area (Å²) < 4.78 is 0. The van der Waals surface area contributed by atoms with Crippen LogP contribution < -0.4 is 0 Å². The van der Waals surface area contributed by atoms with Gasteiger partial charge in [-0.25, -0.2) is 0 Å². The average molecular weight is 305 g/mol. The lowest BCUT2D eigenvalue weighted by Crippen LogP contribution is -2.32. The summed E-state index contributed by atoms with van der Waals surface area (Å²) in [5.41, 5.74) is 3.94. The summed E-state index contributed by atoms with van der Waals surface area (Å²) in [6.45, 7) is 2.74. The van der Waals surface area contributed by atoms with Crippen molar-refractivity contribution in [1.29, 1.82) is 0 Å². The number of rotatable bonds is 4. The fourth-order valence-corrected chi connectivity index (χ4v) is 3.06. The van der Waals surface area contributed by atoms with Crippen LogP contribution in [0.5, 0.6) is 0 Å². The SMILES string of the molecule is Cc1cccc(CN(C(=O)c2cccc3cn[nH]c23)C2CC2)c1. The number of aryl methyl sites for hydroxylation is 1. The van der Waals surface area contributed by atoms with Gasteiger partial charge in [-0.3, -0.25) is 9.89 Å². The molecule has 0 aliphatic heterocycles. The zero-order valence-corrected chi connectivity index (χ0v) is 13.1. The van der Waals surface area contributed by atoms with Crippen molar-refractivity contribution in [1.82, 2.24) is 15.1 Å². The Kier molecular flexibility index (Phi) is 3.37. The van der Waals surface area contributed by atoms with Crippen molar-refractivity contribution in [2.45, 2.75) is 32.4 Å². The molecule has 0 bridgehead atoms. The molecule has 1 amide bonds. The van der Waals surface area contributed by atoms with Crippen LogP contribution in [0.15, 0.2) is 48.7 Å². The van der Waals surface area contributed by atoms with Gasteiger partial charge in [0.1, 0.15) is 0 Å². The van der Waals surface area contributed by atoms with E-state index < -0.39 is 0 Å². The van der Waals surface area contributed by atoms with Gasteiger partial charge in [-0.15, -0.1) is 0 Å². The van der Waals surface area contributed by atoms with Crippen LogP contribution in [0.2, 0.25) is 0 Å².